The summed E-state index contributed by atoms with van der Waals surface area (Å²) in [5, 5.41) is 13.1. The number of rotatable bonds is 4. The predicted molar refractivity (Wildman–Crippen MR) is 99.2 cm³/mol. The number of aryl methyl sites for hydroxylation is 1. The van der Waals surface area contributed by atoms with E-state index in [0.29, 0.717) is 10.6 Å². The molecule has 7 heteroatoms. The minimum atomic E-state index is -0.623. The standard InChI is InChI=1S/C18H20ClN3O3/c1-12-10-22(18(24)16(20-25)17(12)23)11-13-14(19)6-5-7-15(13)21-8-3-2-4-9-21/h5-7,10,23H,2-4,8-9,11H2,1H3. The van der Waals surface area contributed by atoms with E-state index in [1.54, 1.807) is 13.0 Å². The molecule has 6 nitrogen and oxygen atoms in total. The maximum atomic E-state index is 12.4. The summed E-state index contributed by atoms with van der Waals surface area (Å²) in [6, 6.07) is 5.70. The van der Waals surface area contributed by atoms with Crippen LogP contribution in [0.4, 0.5) is 11.4 Å². The Bertz CT molecular complexity index is 857. The fourth-order valence-corrected chi connectivity index (χ4v) is 3.51. The summed E-state index contributed by atoms with van der Waals surface area (Å²) in [6.45, 7) is 3.75. The molecule has 0 aliphatic carbocycles. The van der Waals surface area contributed by atoms with Crippen LogP contribution in [0.3, 0.4) is 0 Å². The lowest BCUT2D eigenvalue weighted by Crippen LogP contribution is -2.31. The number of hydrogen-bond acceptors (Lipinski definition) is 5. The molecule has 2 heterocycles. The SMILES string of the molecule is Cc1cn(Cc2c(Cl)cccc2N2CCCCC2)c(=O)c(N=O)c1O. The van der Waals surface area contributed by atoms with Crippen molar-refractivity contribution in [3.63, 3.8) is 0 Å². The van der Waals surface area contributed by atoms with Gasteiger partial charge in [0.05, 0.1) is 6.54 Å². The van der Waals surface area contributed by atoms with Crippen molar-refractivity contribution in [2.75, 3.05) is 18.0 Å². The number of halogens is 1. The minimum Gasteiger partial charge on any atom is -0.505 e. The van der Waals surface area contributed by atoms with Gasteiger partial charge in [-0.25, -0.2) is 0 Å². The van der Waals surface area contributed by atoms with Crippen LogP contribution in [-0.4, -0.2) is 22.8 Å². The summed E-state index contributed by atoms with van der Waals surface area (Å²) in [4.78, 5) is 25.6. The molecule has 3 rings (SSSR count). The van der Waals surface area contributed by atoms with Crippen LogP contribution in [0, 0.1) is 11.8 Å². The summed E-state index contributed by atoms with van der Waals surface area (Å²) in [7, 11) is 0. The average Bonchev–Trinajstić information content (AvgIpc) is 2.62. The van der Waals surface area contributed by atoms with Gasteiger partial charge < -0.3 is 14.6 Å². The van der Waals surface area contributed by atoms with E-state index in [2.05, 4.69) is 10.1 Å². The topological polar surface area (TPSA) is 74.9 Å². The van der Waals surface area contributed by atoms with Gasteiger partial charge in [-0.2, -0.15) is 0 Å². The molecule has 132 valence electrons. The Morgan fingerprint density at radius 3 is 2.64 bits per heavy atom. The smallest absolute Gasteiger partial charge is 0.284 e. The van der Waals surface area contributed by atoms with Gasteiger partial charge in [0.25, 0.3) is 5.56 Å². The lowest BCUT2D eigenvalue weighted by atomic mass is 10.1. The molecule has 1 aromatic carbocycles. The third kappa shape index (κ3) is 3.39. The van der Waals surface area contributed by atoms with Crippen molar-refractivity contribution in [2.24, 2.45) is 5.18 Å². The third-order valence-corrected chi connectivity index (χ3v) is 4.98. The van der Waals surface area contributed by atoms with E-state index >= 15 is 0 Å². The molecule has 1 saturated heterocycles. The van der Waals surface area contributed by atoms with Crippen molar-refractivity contribution < 1.29 is 5.11 Å². The Balaban J connectivity index is 2.05. The van der Waals surface area contributed by atoms with Crippen LogP contribution in [0.5, 0.6) is 5.75 Å². The highest BCUT2D eigenvalue weighted by molar-refractivity contribution is 6.31. The number of nitrogens with zero attached hydrogens (tertiary/aromatic N) is 3. The van der Waals surface area contributed by atoms with Crippen molar-refractivity contribution in [3.05, 3.63) is 55.8 Å². The summed E-state index contributed by atoms with van der Waals surface area (Å²) in [5.74, 6) is -0.369. The Labute approximate surface area is 150 Å². The van der Waals surface area contributed by atoms with Crippen LogP contribution in [0.2, 0.25) is 5.02 Å². The second kappa shape index (κ2) is 7.27. The molecule has 0 bridgehead atoms. The molecule has 1 aliphatic heterocycles. The predicted octanol–water partition coefficient (Wildman–Crippen LogP) is 3.95. The number of pyridine rings is 1. The summed E-state index contributed by atoms with van der Waals surface area (Å²) >= 11 is 6.42. The first-order valence-corrected chi connectivity index (χ1v) is 8.69. The van der Waals surface area contributed by atoms with Crippen molar-refractivity contribution >= 4 is 23.0 Å². The number of aromatic hydroxyl groups is 1. The fraction of sp³-hybridized carbons (Fsp3) is 0.389. The number of piperidine rings is 1. The molecule has 1 aromatic heterocycles. The second-order valence-corrected chi connectivity index (χ2v) is 6.73. The monoisotopic (exact) mass is 361 g/mol. The quantitative estimate of drug-likeness (QED) is 0.836. The number of nitroso groups, excluding NO2 is 1. The molecule has 0 spiro atoms. The van der Waals surface area contributed by atoms with Crippen LogP contribution in [0.15, 0.2) is 34.4 Å². The van der Waals surface area contributed by atoms with Crippen molar-refractivity contribution in [2.45, 2.75) is 32.7 Å². The highest BCUT2D eigenvalue weighted by atomic mass is 35.5. The van der Waals surface area contributed by atoms with Crippen molar-refractivity contribution in [1.29, 1.82) is 0 Å². The molecule has 1 fully saturated rings. The van der Waals surface area contributed by atoms with Crippen LogP contribution >= 0.6 is 11.6 Å². The first-order valence-electron chi connectivity index (χ1n) is 8.31. The lowest BCUT2D eigenvalue weighted by Gasteiger charge is -2.31. The van der Waals surface area contributed by atoms with E-state index in [1.165, 1.54) is 17.2 Å². The molecule has 1 aliphatic rings. The first kappa shape index (κ1) is 17.5. The molecule has 0 atom stereocenters. The highest BCUT2D eigenvalue weighted by Crippen LogP contribution is 2.31. The fourth-order valence-electron chi connectivity index (χ4n) is 3.28. The van der Waals surface area contributed by atoms with Gasteiger partial charge in [0.15, 0.2) is 5.75 Å². The highest BCUT2D eigenvalue weighted by Gasteiger charge is 2.19. The Morgan fingerprint density at radius 1 is 1.24 bits per heavy atom. The first-order chi connectivity index (χ1) is 12.0. The van der Waals surface area contributed by atoms with Gasteiger partial charge >= 0.3 is 0 Å². The van der Waals surface area contributed by atoms with Gasteiger partial charge in [-0.1, -0.05) is 17.7 Å². The lowest BCUT2D eigenvalue weighted by molar-refractivity contribution is 0.468. The van der Waals surface area contributed by atoms with E-state index in [4.69, 9.17) is 11.6 Å². The van der Waals surface area contributed by atoms with Crippen LogP contribution in [0.25, 0.3) is 0 Å². The van der Waals surface area contributed by atoms with Gasteiger partial charge in [-0.15, -0.1) is 4.91 Å². The van der Waals surface area contributed by atoms with Gasteiger partial charge in [-0.05, 0) is 43.5 Å². The van der Waals surface area contributed by atoms with Crippen molar-refractivity contribution in [1.82, 2.24) is 4.57 Å². The van der Waals surface area contributed by atoms with Crippen LogP contribution in [0.1, 0.15) is 30.4 Å². The summed E-state index contributed by atoms with van der Waals surface area (Å²) < 4.78 is 1.38. The molecule has 2 aromatic rings. The molecule has 0 unspecified atom stereocenters. The number of anilines is 1. The van der Waals surface area contributed by atoms with Crippen molar-refractivity contribution in [3.8, 4) is 5.75 Å². The average molecular weight is 362 g/mol. The van der Waals surface area contributed by atoms with E-state index in [9.17, 15) is 14.8 Å². The zero-order valence-corrected chi connectivity index (χ0v) is 14.8. The molecule has 0 saturated carbocycles. The molecule has 25 heavy (non-hydrogen) atoms. The molecular weight excluding hydrogens is 342 g/mol. The Morgan fingerprint density at radius 2 is 1.96 bits per heavy atom. The minimum absolute atomic E-state index is 0.216. The van der Waals surface area contributed by atoms with Gasteiger partial charge in [0.2, 0.25) is 5.69 Å². The maximum Gasteiger partial charge on any atom is 0.284 e. The molecule has 1 N–H and O–H groups in total. The largest absolute Gasteiger partial charge is 0.505 e. The van der Waals surface area contributed by atoms with Crippen LogP contribution < -0.4 is 10.5 Å². The third-order valence-electron chi connectivity index (χ3n) is 4.62. The maximum absolute atomic E-state index is 12.4. The molecule has 0 amide bonds. The van der Waals surface area contributed by atoms with E-state index in [1.807, 2.05) is 12.1 Å². The summed E-state index contributed by atoms with van der Waals surface area (Å²) in [6.07, 6.45) is 5.00. The number of benzene rings is 1. The Hall–Kier alpha value is -2.34. The summed E-state index contributed by atoms with van der Waals surface area (Å²) in [5.41, 5.74) is 1.16. The van der Waals surface area contributed by atoms with E-state index < -0.39 is 11.2 Å². The van der Waals surface area contributed by atoms with E-state index in [0.717, 1.165) is 37.2 Å². The van der Waals surface area contributed by atoms with Gasteiger partial charge in [-0.3, -0.25) is 4.79 Å². The normalized spacial score (nSPS) is 14.6. The zero-order valence-electron chi connectivity index (χ0n) is 14.0. The number of hydrogen-bond donors (Lipinski definition) is 1. The molecule has 0 radical (unpaired) electrons. The van der Waals surface area contributed by atoms with E-state index in [-0.39, 0.29) is 12.3 Å². The molecular formula is C18H20ClN3O3. The second-order valence-electron chi connectivity index (χ2n) is 6.32. The number of aromatic nitrogens is 1. The van der Waals surface area contributed by atoms with Crippen LogP contribution in [-0.2, 0) is 6.54 Å². The zero-order chi connectivity index (χ0) is 18.0. The Kier molecular flexibility index (Phi) is 5.08. The van der Waals surface area contributed by atoms with Gasteiger partial charge in [0.1, 0.15) is 0 Å². The van der Waals surface area contributed by atoms with Gasteiger partial charge in [0, 0.05) is 41.1 Å².